The molecule has 9 heteroatoms. The summed E-state index contributed by atoms with van der Waals surface area (Å²) in [4.78, 5) is 19.5. The van der Waals surface area contributed by atoms with Gasteiger partial charge in [-0.25, -0.2) is 0 Å². The lowest BCUT2D eigenvalue weighted by Gasteiger charge is -2.08. The van der Waals surface area contributed by atoms with Crippen molar-refractivity contribution in [2.45, 2.75) is 4.90 Å². The molecule has 1 aromatic carbocycles. The molecule has 0 radical (unpaired) electrons. The lowest BCUT2D eigenvalue weighted by Crippen LogP contribution is -2.20. The SMILES string of the molecule is CN(N=O)S(=O)(=O)c1cccc([N+](=O)[O-])c1. The lowest BCUT2D eigenvalue weighted by molar-refractivity contribution is -0.385. The summed E-state index contributed by atoms with van der Waals surface area (Å²) in [6.07, 6.45) is 0. The van der Waals surface area contributed by atoms with E-state index >= 15 is 0 Å². The zero-order chi connectivity index (χ0) is 12.3. The highest BCUT2D eigenvalue weighted by Gasteiger charge is 2.22. The molecule has 0 aliphatic rings. The summed E-state index contributed by atoms with van der Waals surface area (Å²) in [7, 11) is -3.15. The smallest absolute Gasteiger partial charge is 0.258 e. The number of hydrogen-bond acceptors (Lipinski definition) is 6. The van der Waals surface area contributed by atoms with E-state index in [1.165, 1.54) is 6.07 Å². The number of nitro groups is 1. The Labute approximate surface area is 90.6 Å². The third-order valence-electron chi connectivity index (χ3n) is 1.79. The van der Waals surface area contributed by atoms with Crippen molar-refractivity contribution in [3.63, 3.8) is 0 Å². The maximum absolute atomic E-state index is 11.5. The first-order valence-electron chi connectivity index (χ1n) is 3.96. The molecule has 0 aliphatic heterocycles. The van der Waals surface area contributed by atoms with E-state index in [-0.39, 0.29) is 15.0 Å². The van der Waals surface area contributed by atoms with E-state index in [0.29, 0.717) is 0 Å². The van der Waals surface area contributed by atoms with Crippen molar-refractivity contribution in [1.29, 1.82) is 0 Å². The zero-order valence-electron chi connectivity index (χ0n) is 8.10. The Morgan fingerprint density at radius 2 is 2.06 bits per heavy atom. The summed E-state index contributed by atoms with van der Waals surface area (Å²) in [6.45, 7) is 0. The monoisotopic (exact) mass is 245 g/mol. The van der Waals surface area contributed by atoms with Crippen molar-refractivity contribution in [3.8, 4) is 0 Å². The Morgan fingerprint density at radius 1 is 1.44 bits per heavy atom. The molecule has 0 heterocycles. The highest BCUT2D eigenvalue weighted by Crippen LogP contribution is 2.19. The van der Waals surface area contributed by atoms with Crippen molar-refractivity contribution in [3.05, 3.63) is 39.3 Å². The summed E-state index contributed by atoms with van der Waals surface area (Å²) in [5.41, 5.74) is -0.375. The quantitative estimate of drug-likeness (QED) is 0.444. The molecule has 16 heavy (non-hydrogen) atoms. The van der Waals surface area contributed by atoms with E-state index in [0.717, 1.165) is 25.2 Å². The minimum atomic E-state index is -4.10. The number of nitro benzene ring substituents is 1. The second-order valence-electron chi connectivity index (χ2n) is 2.78. The minimum Gasteiger partial charge on any atom is -0.258 e. The van der Waals surface area contributed by atoms with Crippen molar-refractivity contribution in [2.75, 3.05) is 7.05 Å². The van der Waals surface area contributed by atoms with Crippen LogP contribution in [0.25, 0.3) is 0 Å². The predicted octanol–water partition coefficient (Wildman–Crippen LogP) is 0.897. The van der Waals surface area contributed by atoms with Crippen LogP contribution in [-0.4, -0.2) is 24.8 Å². The third kappa shape index (κ3) is 2.14. The minimum absolute atomic E-state index is 0.200. The van der Waals surface area contributed by atoms with Crippen LogP contribution >= 0.6 is 0 Å². The highest BCUT2D eigenvalue weighted by atomic mass is 32.2. The van der Waals surface area contributed by atoms with Gasteiger partial charge in [0.1, 0.15) is 0 Å². The summed E-state index contributed by atoms with van der Waals surface area (Å²) in [5.74, 6) is 0. The van der Waals surface area contributed by atoms with Crippen LogP contribution in [0.1, 0.15) is 0 Å². The van der Waals surface area contributed by atoms with Crippen molar-refractivity contribution in [2.24, 2.45) is 5.29 Å². The van der Waals surface area contributed by atoms with Gasteiger partial charge in [-0.1, -0.05) is 6.07 Å². The van der Waals surface area contributed by atoms with E-state index in [1.807, 2.05) is 0 Å². The van der Waals surface area contributed by atoms with Gasteiger partial charge in [0.25, 0.3) is 15.7 Å². The van der Waals surface area contributed by atoms with Crippen LogP contribution in [0.2, 0.25) is 0 Å². The van der Waals surface area contributed by atoms with Gasteiger partial charge in [-0.05, 0) is 6.07 Å². The molecule has 0 amide bonds. The maximum atomic E-state index is 11.5. The Morgan fingerprint density at radius 3 is 2.56 bits per heavy atom. The van der Waals surface area contributed by atoms with Gasteiger partial charge < -0.3 is 0 Å². The van der Waals surface area contributed by atoms with Crippen LogP contribution in [0, 0.1) is 15.0 Å². The fraction of sp³-hybridized carbons (Fsp3) is 0.143. The molecule has 0 aromatic heterocycles. The molecule has 0 fully saturated rings. The standard InChI is InChI=1S/C7H7N3O5S/c1-9(8-11)16(14,15)7-4-2-3-6(5-7)10(12)13/h2-5H,1H3. The molecule has 1 aromatic rings. The van der Waals surface area contributed by atoms with Crippen LogP contribution in [-0.2, 0) is 10.0 Å². The van der Waals surface area contributed by atoms with E-state index in [2.05, 4.69) is 5.29 Å². The molecular weight excluding hydrogens is 238 g/mol. The highest BCUT2D eigenvalue weighted by molar-refractivity contribution is 7.89. The van der Waals surface area contributed by atoms with Gasteiger partial charge in [0.2, 0.25) is 0 Å². The molecule has 0 spiro atoms. The summed E-state index contributed by atoms with van der Waals surface area (Å²) < 4.78 is 23.3. The normalized spacial score (nSPS) is 10.8. The molecular formula is C7H7N3O5S. The van der Waals surface area contributed by atoms with Crippen molar-refractivity contribution >= 4 is 15.7 Å². The first kappa shape index (κ1) is 12.0. The topological polar surface area (TPSA) is 110 Å². The molecule has 0 aliphatic carbocycles. The maximum Gasteiger partial charge on any atom is 0.281 e. The Hall–Kier alpha value is -2.03. The average molecular weight is 245 g/mol. The molecule has 0 unspecified atom stereocenters. The molecule has 0 saturated heterocycles. The Bertz CT molecular complexity index is 527. The summed E-state index contributed by atoms with van der Waals surface area (Å²) in [6, 6.07) is 4.36. The van der Waals surface area contributed by atoms with Gasteiger partial charge in [-0.3, -0.25) is 10.1 Å². The van der Waals surface area contributed by atoms with Crippen molar-refractivity contribution < 1.29 is 13.3 Å². The zero-order valence-corrected chi connectivity index (χ0v) is 8.92. The predicted molar refractivity (Wildman–Crippen MR) is 53.8 cm³/mol. The van der Waals surface area contributed by atoms with E-state index in [9.17, 15) is 23.4 Å². The van der Waals surface area contributed by atoms with Crippen LogP contribution in [0.3, 0.4) is 0 Å². The molecule has 1 rings (SSSR count). The number of nitrogens with zero attached hydrogens (tertiary/aromatic N) is 3. The first-order chi connectivity index (χ1) is 7.39. The second kappa shape index (κ2) is 4.23. The van der Waals surface area contributed by atoms with Gasteiger partial charge in [0, 0.05) is 19.2 Å². The van der Waals surface area contributed by atoms with Crippen molar-refractivity contribution in [1.82, 2.24) is 4.41 Å². The summed E-state index contributed by atoms with van der Waals surface area (Å²) in [5, 5.41) is 12.7. The second-order valence-corrected chi connectivity index (χ2v) is 4.73. The fourth-order valence-electron chi connectivity index (χ4n) is 0.954. The summed E-state index contributed by atoms with van der Waals surface area (Å²) >= 11 is 0. The Kier molecular flexibility index (Phi) is 3.18. The molecule has 0 bridgehead atoms. The van der Waals surface area contributed by atoms with Crippen LogP contribution in [0.15, 0.2) is 34.4 Å². The van der Waals surface area contributed by atoms with Crippen LogP contribution < -0.4 is 0 Å². The van der Waals surface area contributed by atoms with Gasteiger partial charge in [-0.2, -0.15) is 12.8 Å². The molecule has 0 saturated carbocycles. The number of nitroso groups, excluding NO2 is 1. The molecule has 8 nitrogen and oxygen atoms in total. The largest absolute Gasteiger partial charge is 0.281 e. The first-order valence-corrected chi connectivity index (χ1v) is 5.40. The van der Waals surface area contributed by atoms with E-state index in [1.54, 1.807) is 0 Å². The van der Waals surface area contributed by atoms with Crippen LogP contribution in [0.4, 0.5) is 5.69 Å². The van der Waals surface area contributed by atoms with Gasteiger partial charge in [-0.15, -0.1) is 4.91 Å². The number of sulfonamides is 1. The number of benzene rings is 1. The lowest BCUT2D eigenvalue weighted by atomic mass is 10.3. The molecule has 0 N–H and O–H groups in total. The number of rotatable bonds is 4. The average Bonchev–Trinajstić information content (AvgIpc) is 2.28. The third-order valence-corrected chi connectivity index (χ3v) is 3.40. The Balaban J connectivity index is 3.29. The number of hydrogen-bond donors (Lipinski definition) is 0. The molecule has 0 atom stereocenters. The van der Waals surface area contributed by atoms with E-state index < -0.39 is 14.9 Å². The van der Waals surface area contributed by atoms with Gasteiger partial charge in [0.05, 0.1) is 15.1 Å². The van der Waals surface area contributed by atoms with Gasteiger partial charge in [0.15, 0.2) is 0 Å². The fourth-order valence-corrected chi connectivity index (χ4v) is 1.87. The molecule has 86 valence electrons. The number of non-ortho nitro benzene ring substituents is 1. The van der Waals surface area contributed by atoms with Crippen LogP contribution in [0.5, 0.6) is 0 Å². The van der Waals surface area contributed by atoms with E-state index in [4.69, 9.17) is 0 Å². The van der Waals surface area contributed by atoms with Gasteiger partial charge >= 0.3 is 0 Å².